The molecular weight excluding hydrogens is 272 g/mol. The maximum atomic E-state index is 9.20. The summed E-state index contributed by atoms with van der Waals surface area (Å²) in [6.45, 7) is 0.587. The van der Waals surface area contributed by atoms with Gasteiger partial charge in [0.2, 0.25) is 0 Å². The third kappa shape index (κ3) is 3.10. The van der Waals surface area contributed by atoms with Gasteiger partial charge in [-0.2, -0.15) is 5.26 Å². The van der Waals surface area contributed by atoms with Crippen LogP contribution < -0.4 is 0 Å². The van der Waals surface area contributed by atoms with E-state index >= 15 is 0 Å². The highest BCUT2D eigenvalue weighted by Gasteiger charge is 2.09. The molecule has 0 fully saturated rings. The van der Waals surface area contributed by atoms with E-state index in [1.807, 2.05) is 72.8 Å². The van der Waals surface area contributed by atoms with E-state index in [4.69, 9.17) is 0 Å². The summed E-state index contributed by atoms with van der Waals surface area (Å²) in [5, 5.41) is 17.2. The quantitative estimate of drug-likeness (QED) is 0.739. The Morgan fingerprint density at radius 3 is 2.32 bits per heavy atom. The van der Waals surface area contributed by atoms with Crippen molar-refractivity contribution in [1.82, 2.24) is 15.0 Å². The first-order valence-electron chi connectivity index (χ1n) is 6.97. The van der Waals surface area contributed by atoms with Gasteiger partial charge in [0.25, 0.3) is 0 Å². The average Bonchev–Trinajstić information content (AvgIpc) is 2.96. The molecule has 4 heteroatoms. The zero-order valence-electron chi connectivity index (χ0n) is 11.9. The summed E-state index contributed by atoms with van der Waals surface area (Å²) in [6.07, 6.45) is 3.85. The fourth-order valence-electron chi connectivity index (χ4n) is 2.18. The zero-order chi connectivity index (χ0) is 15.2. The lowest BCUT2D eigenvalue weighted by Gasteiger charge is -2.03. The highest BCUT2D eigenvalue weighted by molar-refractivity contribution is 5.70. The summed E-state index contributed by atoms with van der Waals surface area (Å²) in [5.41, 5.74) is 3.24. The Hall–Kier alpha value is -3.19. The van der Waals surface area contributed by atoms with Crippen LogP contribution in [0.2, 0.25) is 0 Å². The summed E-state index contributed by atoms with van der Waals surface area (Å²) < 4.78 is 1.74. The molecule has 22 heavy (non-hydrogen) atoms. The van der Waals surface area contributed by atoms with Crippen LogP contribution >= 0.6 is 0 Å². The molecule has 0 bridgehead atoms. The molecule has 0 N–H and O–H groups in total. The molecule has 4 nitrogen and oxygen atoms in total. The molecule has 0 spiro atoms. The van der Waals surface area contributed by atoms with Gasteiger partial charge in [-0.25, -0.2) is 4.68 Å². The van der Waals surface area contributed by atoms with E-state index in [0.29, 0.717) is 12.2 Å². The standard InChI is InChI=1S/C18H14N4/c19-13-17-18(12-11-15-7-3-1-4-8-15)22(21-20-17)14-16-9-5-2-6-10-16/h1-12H,14H2/b12-11+. The van der Waals surface area contributed by atoms with Crippen LogP contribution in [0, 0.1) is 11.3 Å². The Morgan fingerprint density at radius 1 is 0.955 bits per heavy atom. The van der Waals surface area contributed by atoms with Crippen LogP contribution in [0.4, 0.5) is 0 Å². The third-order valence-corrected chi connectivity index (χ3v) is 3.29. The second-order valence-corrected chi connectivity index (χ2v) is 4.82. The van der Waals surface area contributed by atoms with Crippen LogP contribution in [-0.2, 0) is 6.54 Å². The molecule has 106 valence electrons. The molecule has 0 aliphatic heterocycles. The van der Waals surface area contributed by atoms with E-state index < -0.39 is 0 Å². The molecular formula is C18H14N4. The Kier molecular flexibility index (Phi) is 4.08. The van der Waals surface area contributed by atoms with Crippen molar-refractivity contribution in [3.05, 3.63) is 83.2 Å². The zero-order valence-corrected chi connectivity index (χ0v) is 11.9. The van der Waals surface area contributed by atoms with Crippen LogP contribution in [0.1, 0.15) is 22.5 Å². The van der Waals surface area contributed by atoms with E-state index in [1.54, 1.807) is 4.68 Å². The Balaban J connectivity index is 1.91. The van der Waals surface area contributed by atoms with Gasteiger partial charge >= 0.3 is 0 Å². The van der Waals surface area contributed by atoms with Crippen molar-refractivity contribution in [2.24, 2.45) is 0 Å². The Bertz CT molecular complexity index is 811. The van der Waals surface area contributed by atoms with Crippen molar-refractivity contribution in [2.75, 3.05) is 0 Å². The first-order valence-corrected chi connectivity index (χ1v) is 6.97. The van der Waals surface area contributed by atoms with Gasteiger partial charge in [-0.1, -0.05) is 72.0 Å². The first-order chi connectivity index (χ1) is 10.9. The predicted octanol–water partition coefficient (Wildman–Crippen LogP) is 3.37. The molecule has 0 saturated carbocycles. The largest absolute Gasteiger partial charge is 0.239 e. The molecule has 0 atom stereocenters. The van der Waals surface area contributed by atoms with E-state index in [-0.39, 0.29) is 0 Å². The fourth-order valence-corrected chi connectivity index (χ4v) is 2.18. The third-order valence-electron chi connectivity index (χ3n) is 3.29. The maximum absolute atomic E-state index is 9.20. The lowest BCUT2D eigenvalue weighted by atomic mass is 10.2. The SMILES string of the molecule is N#Cc1nnn(Cc2ccccc2)c1/C=C/c1ccccc1. The van der Waals surface area contributed by atoms with Crippen molar-refractivity contribution in [3.63, 3.8) is 0 Å². The van der Waals surface area contributed by atoms with E-state index in [2.05, 4.69) is 16.4 Å². The van der Waals surface area contributed by atoms with Crippen LogP contribution in [0.25, 0.3) is 12.2 Å². The summed E-state index contributed by atoms with van der Waals surface area (Å²) in [4.78, 5) is 0. The van der Waals surface area contributed by atoms with Gasteiger partial charge in [0.15, 0.2) is 5.69 Å². The molecule has 0 radical (unpaired) electrons. The molecule has 0 amide bonds. The monoisotopic (exact) mass is 286 g/mol. The van der Waals surface area contributed by atoms with Gasteiger partial charge in [0, 0.05) is 0 Å². The summed E-state index contributed by atoms with van der Waals surface area (Å²) in [7, 11) is 0. The average molecular weight is 286 g/mol. The van der Waals surface area contributed by atoms with Gasteiger partial charge in [-0.05, 0) is 17.2 Å². The molecule has 0 saturated heterocycles. The van der Waals surface area contributed by atoms with Crippen molar-refractivity contribution < 1.29 is 0 Å². The molecule has 1 heterocycles. The molecule has 1 aromatic heterocycles. The topological polar surface area (TPSA) is 54.5 Å². The molecule has 0 unspecified atom stereocenters. The van der Waals surface area contributed by atoms with Gasteiger partial charge in [0.05, 0.1) is 12.2 Å². The number of rotatable bonds is 4. The van der Waals surface area contributed by atoms with Gasteiger partial charge in [-0.15, -0.1) is 5.10 Å². The van der Waals surface area contributed by atoms with Crippen LogP contribution in [0.3, 0.4) is 0 Å². The fraction of sp³-hybridized carbons (Fsp3) is 0.0556. The van der Waals surface area contributed by atoms with E-state index in [9.17, 15) is 5.26 Å². The number of aromatic nitrogens is 3. The second-order valence-electron chi connectivity index (χ2n) is 4.82. The van der Waals surface area contributed by atoms with Crippen molar-refractivity contribution >= 4 is 12.2 Å². The molecule has 2 aromatic carbocycles. The Labute approximate surface area is 129 Å². The smallest absolute Gasteiger partial charge is 0.190 e. The predicted molar refractivity (Wildman–Crippen MR) is 85.7 cm³/mol. The van der Waals surface area contributed by atoms with Crippen LogP contribution in [-0.4, -0.2) is 15.0 Å². The summed E-state index contributed by atoms with van der Waals surface area (Å²) >= 11 is 0. The molecule has 3 rings (SSSR count). The minimum atomic E-state index is 0.336. The number of nitrogens with zero attached hydrogens (tertiary/aromatic N) is 4. The van der Waals surface area contributed by atoms with Gasteiger partial charge < -0.3 is 0 Å². The second kappa shape index (κ2) is 6.51. The minimum absolute atomic E-state index is 0.336. The molecule has 0 aliphatic carbocycles. The highest BCUT2D eigenvalue weighted by Crippen LogP contribution is 2.12. The minimum Gasteiger partial charge on any atom is -0.239 e. The lowest BCUT2D eigenvalue weighted by molar-refractivity contribution is 0.645. The van der Waals surface area contributed by atoms with Crippen molar-refractivity contribution in [2.45, 2.75) is 6.54 Å². The van der Waals surface area contributed by atoms with Crippen LogP contribution in [0.15, 0.2) is 60.7 Å². The first kappa shape index (κ1) is 13.8. The van der Waals surface area contributed by atoms with Gasteiger partial charge in [-0.3, -0.25) is 0 Å². The number of hydrogen-bond acceptors (Lipinski definition) is 3. The summed E-state index contributed by atoms with van der Waals surface area (Å²) in [5.74, 6) is 0. The van der Waals surface area contributed by atoms with Crippen molar-refractivity contribution in [1.29, 1.82) is 5.26 Å². The molecule has 3 aromatic rings. The number of nitriles is 1. The van der Waals surface area contributed by atoms with Gasteiger partial charge in [0.1, 0.15) is 6.07 Å². The van der Waals surface area contributed by atoms with Crippen molar-refractivity contribution in [3.8, 4) is 6.07 Å². The highest BCUT2D eigenvalue weighted by atomic mass is 15.4. The van der Waals surface area contributed by atoms with E-state index in [0.717, 1.165) is 16.8 Å². The summed E-state index contributed by atoms with van der Waals surface area (Å²) in [6, 6.07) is 22.0. The number of benzene rings is 2. The lowest BCUT2D eigenvalue weighted by Crippen LogP contribution is -2.04. The Morgan fingerprint density at radius 2 is 1.64 bits per heavy atom. The normalized spacial score (nSPS) is 10.7. The van der Waals surface area contributed by atoms with E-state index in [1.165, 1.54) is 0 Å². The number of hydrogen-bond donors (Lipinski definition) is 0. The molecule has 0 aliphatic rings. The van der Waals surface area contributed by atoms with Crippen LogP contribution in [0.5, 0.6) is 0 Å². The maximum Gasteiger partial charge on any atom is 0.190 e.